The molecule has 100 valence electrons. The van der Waals surface area contributed by atoms with Crippen molar-refractivity contribution in [1.82, 2.24) is 4.31 Å². The molecule has 6 nitrogen and oxygen atoms in total. The van der Waals surface area contributed by atoms with Crippen molar-refractivity contribution < 1.29 is 23.1 Å². The van der Waals surface area contributed by atoms with Crippen LogP contribution in [-0.2, 0) is 19.6 Å². The molecule has 0 bridgehead atoms. The van der Waals surface area contributed by atoms with E-state index in [0.29, 0.717) is 13.1 Å². The Balaban J connectivity index is 2.54. The van der Waals surface area contributed by atoms with Crippen molar-refractivity contribution in [2.45, 2.75) is 38.9 Å². The van der Waals surface area contributed by atoms with E-state index in [0.717, 1.165) is 0 Å². The van der Waals surface area contributed by atoms with Crippen molar-refractivity contribution >= 4 is 16.0 Å². The lowest BCUT2D eigenvalue weighted by atomic mass is 10.3. The number of morpholine rings is 1. The Kier molecular flexibility index (Phi) is 4.91. The number of ether oxygens (including phenoxy) is 1. The van der Waals surface area contributed by atoms with E-state index in [1.54, 1.807) is 0 Å². The maximum absolute atomic E-state index is 11.9. The molecule has 1 heterocycles. The predicted octanol–water partition coefficient (Wildman–Crippen LogP) is 0.290. The van der Waals surface area contributed by atoms with Gasteiger partial charge in [-0.2, -0.15) is 4.31 Å². The van der Waals surface area contributed by atoms with E-state index in [2.05, 4.69) is 0 Å². The smallest absolute Gasteiger partial charge is 0.303 e. The molecule has 0 aliphatic carbocycles. The highest BCUT2D eigenvalue weighted by molar-refractivity contribution is 7.89. The van der Waals surface area contributed by atoms with Gasteiger partial charge in [0.15, 0.2) is 0 Å². The largest absolute Gasteiger partial charge is 0.481 e. The lowest BCUT2D eigenvalue weighted by Gasteiger charge is -2.34. The predicted molar refractivity (Wildman–Crippen MR) is 62.2 cm³/mol. The Morgan fingerprint density at radius 2 is 1.88 bits per heavy atom. The first-order valence-corrected chi connectivity index (χ1v) is 7.27. The number of carboxylic acids is 1. The summed E-state index contributed by atoms with van der Waals surface area (Å²) in [4.78, 5) is 10.3. The number of hydrogen-bond acceptors (Lipinski definition) is 4. The molecule has 0 saturated carbocycles. The molecule has 1 fully saturated rings. The van der Waals surface area contributed by atoms with E-state index in [9.17, 15) is 13.2 Å². The van der Waals surface area contributed by atoms with Gasteiger partial charge in [0, 0.05) is 19.5 Å². The fourth-order valence-electron chi connectivity index (χ4n) is 1.89. The summed E-state index contributed by atoms with van der Waals surface area (Å²) in [6.45, 7) is 4.35. The highest BCUT2D eigenvalue weighted by Gasteiger charge is 2.30. The van der Waals surface area contributed by atoms with Gasteiger partial charge in [0.1, 0.15) is 0 Å². The molecule has 0 unspecified atom stereocenters. The van der Waals surface area contributed by atoms with Crippen LogP contribution >= 0.6 is 0 Å². The van der Waals surface area contributed by atoms with Crippen LogP contribution in [0, 0.1) is 0 Å². The van der Waals surface area contributed by atoms with E-state index >= 15 is 0 Å². The van der Waals surface area contributed by atoms with Crippen LogP contribution < -0.4 is 0 Å². The first-order valence-electron chi connectivity index (χ1n) is 5.66. The zero-order valence-corrected chi connectivity index (χ0v) is 10.9. The first kappa shape index (κ1) is 14.4. The topological polar surface area (TPSA) is 83.9 Å². The molecule has 2 atom stereocenters. The molecule has 1 saturated heterocycles. The minimum absolute atomic E-state index is 0.112. The standard InChI is InChI=1S/C10H19NO5S/c1-8-6-11(7-9(2)16-8)17(14,15)5-3-4-10(12)13/h8-9H,3-7H2,1-2H3,(H,12,13)/t8-,9+. The van der Waals surface area contributed by atoms with Crippen LogP contribution in [0.5, 0.6) is 0 Å². The molecule has 1 aliphatic rings. The fourth-order valence-corrected chi connectivity index (χ4v) is 3.53. The van der Waals surface area contributed by atoms with Crippen molar-refractivity contribution in [2.75, 3.05) is 18.8 Å². The van der Waals surface area contributed by atoms with Crippen molar-refractivity contribution in [3.8, 4) is 0 Å². The van der Waals surface area contributed by atoms with Crippen LogP contribution in [0.2, 0.25) is 0 Å². The molecule has 0 amide bonds. The lowest BCUT2D eigenvalue weighted by molar-refractivity contribution is -0.137. The third-order valence-electron chi connectivity index (χ3n) is 2.57. The third kappa shape index (κ3) is 4.61. The summed E-state index contributed by atoms with van der Waals surface area (Å²) in [5.74, 6) is -1.08. The Bertz CT molecular complexity index is 357. The number of rotatable bonds is 5. The van der Waals surface area contributed by atoms with Gasteiger partial charge in [0.05, 0.1) is 18.0 Å². The van der Waals surface area contributed by atoms with Gasteiger partial charge in [-0.05, 0) is 20.3 Å². The number of carbonyl (C=O) groups is 1. The van der Waals surface area contributed by atoms with Gasteiger partial charge < -0.3 is 9.84 Å². The zero-order valence-electron chi connectivity index (χ0n) is 10.1. The molecule has 0 aromatic rings. The number of nitrogens with zero attached hydrogens (tertiary/aromatic N) is 1. The Morgan fingerprint density at radius 1 is 1.35 bits per heavy atom. The molecular weight excluding hydrogens is 246 g/mol. The van der Waals surface area contributed by atoms with Gasteiger partial charge in [-0.3, -0.25) is 4.79 Å². The lowest BCUT2D eigenvalue weighted by Crippen LogP contribution is -2.48. The van der Waals surface area contributed by atoms with E-state index in [4.69, 9.17) is 9.84 Å². The number of aliphatic carboxylic acids is 1. The Hall–Kier alpha value is -0.660. The second kappa shape index (κ2) is 5.79. The van der Waals surface area contributed by atoms with Crippen molar-refractivity contribution in [3.63, 3.8) is 0 Å². The second-order valence-electron chi connectivity index (χ2n) is 4.39. The van der Waals surface area contributed by atoms with Crippen molar-refractivity contribution in [3.05, 3.63) is 0 Å². The quantitative estimate of drug-likeness (QED) is 0.772. The molecule has 0 aromatic carbocycles. The average molecular weight is 265 g/mol. The van der Waals surface area contributed by atoms with Crippen LogP contribution in [0.4, 0.5) is 0 Å². The second-order valence-corrected chi connectivity index (χ2v) is 6.48. The van der Waals surface area contributed by atoms with Gasteiger partial charge in [0.2, 0.25) is 10.0 Å². The fraction of sp³-hybridized carbons (Fsp3) is 0.900. The van der Waals surface area contributed by atoms with E-state index in [-0.39, 0.29) is 30.8 Å². The molecule has 0 radical (unpaired) electrons. The van der Waals surface area contributed by atoms with Gasteiger partial charge >= 0.3 is 5.97 Å². The summed E-state index contributed by atoms with van der Waals surface area (Å²) in [7, 11) is -3.35. The van der Waals surface area contributed by atoms with Crippen LogP contribution in [0.25, 0.3) is 0 Å². The van der Waals surface area contributed by atoms with Crippen LogP contribution in [0.3, 0.4) is 0 Å². The summed E-state index contributed by atoms with van der Waals surface area (Å²) < 4.78 is 30.7. The Labute approximate surface area is 102 Å². The number of hydrogen-bond donors (Lipinski definition) is 1. The summed E-state index contributed by atoms with van der Waals surface area (Å²) in [6.07, 6.45) is -0.201. The molecule has 0 spiro atoms. The van der Waals surface area contributed by atoms with Gasteiger partial charge in [-0.15, -0.1) is 0 Å². The first-order chi connectivity index (χ1) is 7.81. The average Bonchev–Trinajstić information content (AvgIpc) is 2.14. The van der Waals surface area contributed by atoms with Crippen LogP contribution in [0.1, 0.15) is 26.7 Å². The number of carboxylic acid groups (broad SMARTS) is 1. The normalized spacial score (nSPS) is 26.9. The maximum Gasteiger partial charge on any atom is 0.303 e. The van der Waals surface area contributed by atoms with Crippen LogP contribution in [-0.4, -0.2) is 54.8 Å². The van der Waals surface area contributed by atoms with E-state index < -0.39 is 16.0 Å². The van der Waals surface area contributed by atoms with Crippen molar-refractivity contribution in [2.24, 2.45) is 0 Å². The zero-order chi connectivity index (χ0) is 13.1. The summed E-state index contributed by atoms with van der Waals surface area (Å²) >= 11 is 0. The van der Waals surface area contributed by atoms with Crippen molar-refractivity contribution in [1.29, 1.82) is 0 Å². The Morgan fingerprint density at radius 3 is 2.35 bits per heavy atom. The monoisotopic (exact) mass is 265 g/mol. The SMILES string of the molecule is C[C@@H]1CN(S(=O)(=O)CCCC(=O)O)C[C@H](C)O1. The molecule has 1 aliphatic heterocycles. The third-order valence-corrected chi connectivity index (χ3v) is 4.46. The van der Waals surface area contributed by atoms with Gasteiger partial charge in [0.25, 0.3) is 0 Å². The minimum atomic E-state index is -3.35. The highest BCUT2D eigenvalue weighted by atomic mass is 32.2. The minimum Gasteiger partial charge on any atom is -0.481 e. The van der Waals surface area contributed by atoms with Gasteiger partial charge in [-0.25, -0.2) is 8.42 Å². The maximum atomic E-state index is 11.9. The molecule has 1 N–H and O–H groups in total. The summed E-state index contributed by atoms with van der Waals surface area (Å²) in [5, 5.41) is 8.48. The van der Waals surface area contributed by atoms with Gasteiger partial charge in [-0.1, -0.05) is 0 Å². The molecular formula is C10H19NO5S. The number of sulfonamides is 1. The molecule has 0 aromatic heterocycles. The molecule has 1 rings (SSSR count). The highest BCUT2D eigenvalue weighted by Crippen LogP contribution is 2.15. The van der Waals surface area contributed by atoms with E-state index in [1.165, 1.54) is 4.31 Å². The molecule has 7 heteroatoms. The molecule has 17 heavy (non-hydrogen) atoms. The summed E-state index contributed by atoms with van der Waals surface area (Å²) in [6, 6.07) is 0. The summed E-state index contributed by atoms with van der Waals surface area (Å²) in [5.41, 5.74) is 0. The van der Waals surface area contributed by atoms with Crippen LogP contribution in [0.15, 0.2) is 0 Å². The van der Waals surface area contributed by atoms with E-state index in [1.807, 2.05) is 13.8 Å².